The summed E-state index contributed by atoms with van der Waals surface area (Å²) in [7, 11) is -3.35. The lowest BCUT2D eigenvalue weighted by Gasteiger charge is -2.16. The number of nitrogens with zero attached hydrogens (tertiary/aromatic N) is 1. The van der Waals surface area contributed by atoms with E-state index in [9.17, 15) is 8.42 Å². The normalized spacial score (nSPS) is 21.9. The fraction of sp³-hybridized carbons (Fsp3) is 0.583. The Morgan fingerprint density at radius 2 is 2.39 bits per heavy atom. The second-order valence-corrected chi connectivity index (χ2v) is 6.67. The Labute approximate surface area is 108 Å². The Hall–Kier alpha value is -0.980. The van der Waals surface area contributed by atoms with Crippen LogP contribution < -0.4 is 10.0 Å². The molecule has 2 N–H and O–H groups in total. The van der Waals surface area contributed by atoms with Gasteiger partial charge in [-0.15, -0.1) is 0 Å². The smallest absolute Gasteiger partial charge is 0.220 e. The first kappa shape index (κ1) is 13.5. The molecule has 0 spiro atoms. The second-order valence-electron chi connectivity index (χ2n) is 4.58. The molecule has 1 aromatic heterocycles. The summed E-state index contributed by atoms with van der Waals surface area (Å²) in [6.07, 6.45) is 3.75. The van der Waals surface area contributed by atoms with Crippen molar-refractivity contribution in [3.8, 4) is 0 Å². The molecule has 0 bridgehead atoms. The summed E-state index contributed by atoms with van der Waals surface area (Å²) in [4.78, 5) is 4.09. The van der Waals surface area contributed by atoms with E-state index in [0.717, 1.165) is 19.4 Å². The molecule has 0 aliphatic carbocycles. The van der Waals surface area contributed by atoms with E-state index in [0.29, 0.717) is 12.2 Å². The topological polar surface area (TPSA) is 71.1 Å². The van der Waals surface area contributed by atoms with E-state index in [1.165, 1.54) is 0 Å². The predicted molar refractivity (Wildman–Crippen MR) is 70.6 cm³/mol. The Morgan fingerprint density at radius 3 is 3.00 bits per heavy atom. The molecule has 1 aromatic rings. The highest BCUT2D eigenvalue weighted by molar-refractivity contribution is 7.89. The molecular formula is C12H19N3O2S. The first-order chi connectivity index (χ1) is 8.59. The lowest BCUT2D eigenvalue weighted by molar-refractivity contribution is 0.543. The van der Waals surface area contributed by atoms with Gasteiger partial charge in [0, 0.05) is 18.8 Å². The fourth-order valence-corrected chi connectivity index (χ4v) is 3.19. The first-order valence-corrected chi connectivity index (χ1v) is 7.77. The van der Waals surface area contributed by atoms with Gasteiger partial charge in [-0.2, -0.15) is 0 Å². The van der Waals surface area contributed by atoms with Crippen LogP contribution in [0.5, 0.6) is 0 Å². The second kappa shape index (κ2) is 5.77. The maximum absolute atomic E-state index is 12.1. The van der Waals surface area contributed by atoms with Crippen molar-refractivity contribution < 1.29 is 8.42 Å². The number of aromatic nitrogens is 1. The van der Waals surface area contributed by atoms with Crippen LogP contribution in [-0.2, 0) is 10.0 Å². The van der Waals surface area contributed by atoms with Crippen LogP contribution in [0.1, 0.15) is 30.7 Å². The van der Waals surface area contributed by atoms with Crippen molar-refractivity contribution in [1.82, 2.24) is 15.0 Å². The molecule has 0 saturated carbocycles. The van der Waals surface area contributed by atoms with E-state index in [2.05, 4.69) is 15.0 Å². The van der Waals surface area contributed by atoms with Gasteiger partial charge in [0.05, 0.1) is 5.69 Å². The number of hydrogen-bond acceptors (Lipinski definition) is 4. The van der Waals surface area contributed by atoms with Gasteiger partial charge in [0.1, 0.15) is 5.25 Å². The molecule has 0 radical (unpaired) electrons. The van der Waals surface area contributed by atoms with Gasteiger partial charge < -0.3 is 5.32 Å². The largest absolute Gasteiger partial charge is 0.313 e. The number of pyridine rings is 1. The van der Waals surface area contributed by atoms with Gasteiger partial charge in [0.25, 0.3) is 0 Å². The zero-order chi connectivity index (χ0) is 13.0. The highest BCUT2D eigenvalue weighted by Gasteiger charge is 2.25. The summed E-state index contributed by atoms with van der Waals surface area (Å²) in [6, 6.07) is 5.57. The minimum absolute atomic E-state index is 0.260. The molecule has 5 nitrogen and oxygen atoms in total. The number of hydrogen-bond donors (Lipinski definition) is 2. The number of sulfonamides is 1. The van der Waals surface area contributed by atoms with Crippen molar-refractivity contribution in [2.24, 2.45) is 0 Å². The molecule has 0 amide bonds. The molecule has 1 aliphatic rings. The predicted octanol–water partition coefficient (Wildman–Crippen LogP) is 0.814. The van der Waals surface area contributed by atoms with Gasteiger partial charge in [0.15, 0.2) is 0 Å². The summed E-state index contributed by atoms with van der Waals surface area (Å²) < 4.78 is 26.9. The van der Waals surface area contributed by atoms with Gasteiger partial charge in [-0.3, -0.25) is 4.98 Å². The maximum Gasteiger partial charge on any atom is 0.220 e. The summed E-state index contributed by atoms with van der Waals surface area (Å²) in [6.45, 7) is 3.09. The van der Waals surface area contributed by atoms with Crippen molar-refractivity contribution in [2.45, 2.75) is 31.1 Å². The SMILES string of the molecule is C[C@H](c1ccccn1)S(=O)(=O)NC[C@H]1CCCN1. The highest BCUT2D eigenvalue weighted by Crippen LogP contribution is 2.18. The zero-order valence-electron chi connectivity index (χ0n) is 10.5. The van der Waals surface area contributed by atoms with Crippen molar-refractivity contribution >= 4 is 10.0 Å². The van der Waals surface area contributed by atoms with Gasteiger partial charge in [0.2, 0.25) is 10.0 Å². The Morgan fingerprint density at radius 1 is 1.56 bits per heavy atom. The third-order valence-electron chi connectivity index (χ3n) is 3.26. The van der Waals surface area contributed by atoms with Gasteiger partial charge in [-0.1, -0.05) is 6.07 Å². The van der Waals surface area contributed by atoms with Crippen LogP contribution in [0.3, 0.4) is 0 Å². The van der Waals surface area contributed by atoms with Gasteiger partial charge in [-0.05, 0) is 38.4 Å². The quantitative estimate of drug-likeness (QED) is 0.830. The van der Waals surface area contributed by atoms with Crippen LogP contribution in [0.4, 0.5) is 0 Å². The van der Waals surface area contributed by atoms with Crippen molar-refractivity contribution in [2.75, 3.05) is 13.1 Å². The summed E-state index contributed by atoms with van der Waals surface area (Å²) in [5.74, 6) is 0. The monoisotopic (exact) mass is 269 g/mol. The molecular weight excluding hydrogens is 250 g/mol. The molecule has 100 valence electrons. The molecule has 2 heterocycles. The summed E-state index contributed by atoms with van der Waals surface area (Å²) in [5, 5.41) is 2.64. The lowest BCUT2D eigenvalue weighted by atomic mass is 10.2. The molecule has 18 heavy (non-hydrogen) atoms. The molecule has 6 heteroatoms. The molecule has 1 fully saturated rings. The van der Waals surface area contributed by atoms with E-state index in [1.807, 2.05) is 0 Å². The average molecular weight is 269 g/mol. The van der Waals surface area contributed by atoms with Crippen LogP contribution in [0.25, 0.3) is 0 Å². The Balaban J connectivity index is 1.97. The van der Waals surface area contributed by atoms with Crippen LogP contribution in [0, 0.1) is 0 Å². The first-order valence-electron chi connectivity index (χ1n) is 6.22. The molecule has 2 atom stereocenters. The van der Waals surface area contributed by atoms with Crippen molar-refractivity contribution in [3.05, 3.63) is 30.1 Å². The molecule has 1 saturated heterocycles. The summed E-state index contributed by atoms with van der Waals surface area (Å²) in [5.41, 5.74) is 0.574. The minimum atomic E-state index is -3.35. The Kier molecular flexibility index (Phi) is 4.31. The molecule has 2 rings (SSSR count). The minimum Gasteiger partial charge on any atom is -0.313 e. The van der Waals surface area contributed by atoms with Crippen LogP contribution in [-0.4, -0.2) is 32.5 Å². The fourth-order valence-electron chi connectivity index (χ4n) is 2.05. The van der Waals surface area contributed by atoms with E-state index in [4.69, 9.17) is 0 Å². The third kappa shape index (κ3) is 3.28. The maximum atomic E-state index is 12.1. The zero-order valence-corrected chi connectivity index (χ0v) is 11.3. The lowest BCUT2D eigenvalue weighted by Crippen LogP contribution is -2.38. The Bertz CT molecular complexity index is 469. The van der Waals surface area contributed by atoms with E-state index in [-0.39, 0.29) is 6.04 Å². The number of nitrogens with one attached hydrogen (secondary N) is 2. The van der Waals surface area contributed by atoms with Crippen molar-refractivity contribution in [1.29, 1.82) is 0 Å². The van der Waals surface area contributed by atoms with Crippen LogP contribution >= 0.6 is 0 Å². The molecule has 1 aliphatic heterocycles. The highest BCUT2D eigenvalue weighted by atomic mass is 32.2. The molecule has 0 aromatic carbocycles. The van der Waals surface area contributed by atoms with E-state index in [1.54, 1.807) is 31.3 Å². The van der Waals surface area contributed by atoms with Gasteiger partial charge >= 0.3 is 0 Å². The van der Waals surface area contributed by atoms with E-state index < -0.39 is 15.3 Å². The van der Waals surface area contributed by atoms with Gasteiger partial charge in [-0.25, -0.2) is 13.1 Å². The average Bonchev–Trinajstić information content (AvgIpc) is 2.90. The standard InChI is InChI=1S/C12H19N3O2S/c1-10(12-6-2-3-7-14-12)18(16,17)15-9-11-5-4-8-13-11/h2-3,6-7,10-11,13,15H,4-5,8-9H2,1H3/t10-,11-/m1/s1. The van der Waals surface area contributed by atoms with Crippen LogP contribution in [0.2, 0.25) is 0 Å². The van der Waals surface area contributed by atoms with Crippen LogP contribution in [0.15, 0.2) is 24.4 Å². The third-order valence-corrected chi connectivity index (χ3v) is 5.00. The number of rotatable bonds is 5. The van der Waals surface area contributed by atoms with Crippen molar-refractivity contribution in [3.63, 3.8) is 0 Å². The van der Waals surface area contributed by atoms with E-state index >= 15 is 0 Å². The summed E-state index contributed by atoms with van der Waals surface area (Å²) >= 11 is 0. The molecule has 0 unspecified atom stereocenters.